The van der Waals surface area contributed by atoms with Gasteiger partial charge >= 0.3 is 6.18 Å². The fraction of sp³-hybridized carbons (Fsp3) is 0.136. The second-order valence-electron chi connectivity index (χ2n) is 7.04. The number of carbonyl (C=O) groups excluding carboxylic acids is 1. The first-order valence-electron chi connectivity index (χ1n) is 9.25. The van der Waals surface area contributed by atoms with Gasteiger partial charge in [-0.05, 0) is 49.7 Å². The maximum absolute atomic E-state index is 12.8. The lowest BCUT2D eigenvalue weighted by molar-refractivity contribution is -0.137. The van der Waals surface area contributed by atoms with Gasteiger partial charge in [-0.2, -0.15) is 13.2 Å². The van der Waals surface area contributed by atoms with Gasteiger partial charge in [-0.3, -0.25) is 9.78 Å². The van der Waals surface area contributed by atoms with Crippen LogP contribution >= 0.6 is 12.4 Å². The number of hydrogen-bond donors (Lipinski definition) is 2. The van der Waals surface area contributed by atoms with Crippen LogP contribution in [0.2, 0.25) is 0 Å². The van der Waals surface area contributed by atoms with Crippen LogP contribution in [0.5, 0.6) is 0 Å². The molecule has 166 valence electrons. The Balaban J connectivity index is 0.00000289. The predicted molar refractivity (Wildman–Crippen MR) is 117 cm³/mol. The molecule has 4 rings (SSSR count). The number of halogens is 4. The minimum atomic E-state index is -4.44. The number of fused-ring (bicyclic) bond motifs is 1. The van der Waals surface area contributed by atoms with E-state index in [2.05, 4.69) is 15.5 Å². The molecule has 0 bridgehead atoms. The highest BCUT2D eigenvalue weighted by molar-refractivity contribution is 6.08. The summed E-state index contributed by atoms with van der Waals surface area (Å²) in [5.74, 6) is -0.0488. The lowest BCUT2D eigenvalue weighted by Gasteiger charge is -2.15. The molecule has 2 aromatic carbocycles. The number of rotatable bonds is 4. The number of nitrogens with two attached hydrogens (primary N) is 1. The second-order valence-corrected chi connectivity index (χ2v) is 7.04. The van der Waals surface area contributed by atoms with Crippen LogP contribution in [0.1, 0.15) is 27.4 Å². The highest BCUT2D eigenvalue weighted by atomic mass is 35.5. The zero-order chi connectivity index (χ0) is 22.3. The van der Waals surface area contributed by atoms with Crippen LogP contribution in [0.25, 0.3) is 22.0 Å². The Morgan fingerprint density at radius 1 is 1.09 bits per heavy atom. The van der Waals surface area contributed by atoms with Gasteiger partial charge in [0.05, 0.1) is 28.0 Å². The molecule has 0 fully saturated rings. The molecule has 2 aromatic heterocycles. The van der Waals surface area contributed by atoms with Crippen molar-refractivity contribution < 1.29 is 22.5 Å². The maximum Gasteiger partial charge on any atom is 0.416 e. The molecule has 32 heavy (non-hydrogen) atoms. The fourth-order valence-electron chi connectivity index (χ4n) is 3.45. The van der Waals surface area contributed by atoms with Crippen molar-refractivity contribution in [2.45, 2.75) is 20.0 Å². The highest BCUT2D eigenvalue weighted by Crippen LogP contribution is 2.35. The Hall–Kier alpha value is -3.59. The van der Waals surface area contributed by atoms with Crippen molar-refractivity contribution in [3.8, 4) is 11.1 Å². The van der Waals surface area contributed by atoms with Crippen molar-refractivity contribution in [1.29, 1.82) is 0 Å². The van der Waals surface area contributed by atoms with Crippen LogP contribution in [0.3, 0.4) is 0 Å². The SMILES string of the molecule is Cc1noc(C)c1-c1ccc2c(Nc3ccc(C(F)(F)F)cc3)c(C(N)=O)cnc2c1.Cl. The third-order valence-corrected chi connectivity index (χ3v) is 4.94. The number of aromatic nitrogens is 2. The van der Waals surface area contributed by atoms with Crippen molar-refractivity contribution in [3.63, 3.8) is 0 Å². The first-order valence-corrected chi connectivity index (χ1v) is 9.25. The number of nitrogens with one attached hydrogen (secondary N) is 1. The second kappa shape index (κ2) is 8.51. The summed E-state index contributed by atoms with van der Waals surface area (Å²) in [7, 11) is 0. The molecule has 0 saturated heterocycles. The maximum atomic E-state index is 12.8. The van der Waals surface area contributed by atoms with E-state index in [9.17, 15) is 18.0 Å². The average Bonchev–Trinajstić information content (AvgIpc) is 3.05. The third kappa shape index (κ3) is 4.24. The number of pyridine rings is 1. The Kier molecular flexibility index (Phi) is 6.13. The van der Waals surface area contributed by atoms with E-state index in [1.54, 1.807) is 13.0 Å². The molecule has 0 aliphatic carbocycles. The summed E-state index contributed by atoms with van der Waals surface area (Å²) in [6, 6.07) is 9.93. The van der Waals surface area contributed by atoms with Crippen LogP contribution in [0, 0.1) is 13.8 Å². The van der Waals surface area contributed by atoms with Crippen molar-refractivity contribution >= 4 is 40.6 Å². The number of benzene rings is 2. The molecule has 6 nitrogen and oxygen atoms in total. The molecular weight excluding hydrogens is 445 g/mol. The first-order chi connectivity index (χ1) is 14.6. The fourth-order valence-corrected chi connectivity index (χ4v) is 3.45. The van der Waals surface area contributed by atoms with Crippen molar-refractivity contribution in [2.24, 2.45) is 5.73 Å². The van der Waals surface area contributed by atoms with Gasteiger partial charge in [-0.25, -0.2) is 0 Å². The zero-order valence-electron chi connectivity index (χ0n) is 16.9. The Bertz CT molecular complexity index is 1280. The van der Waals surface area contributed by atoms with Gasteiger partial charge in [0, 0.05) is 22.8 Å². The molecular formula is C22H18ClF3N4O2. The van der Waals surface area contributed by atoms with Crippen molar-refractivity contribution in [3.05, 3.63) is 71.2 Å². The third-order valence-electron chi connectivity index (χ3n) is 4.94. The highest BCUT2D eigenvalue weighted by Gasteiger charge is 2.30. The number of amides is 1. The first kappa shape index (κ1) is 23.1. The molecule has 0 spiro atoms. The molecule has 3 N–H and O–H groups in total. The van der Waals surface area contributed by atoms with Crippen LogP contribution in [0.15, 0.2) is 53.2 Å². The quantitative estimate of drug-likeness (QED) is 0.400. The lowest BCUT2D eigenvalue weighted by Crippen LogP contribution is -2.14. The lowest BCUT2D eigenvalue weighted by atomic mass is 10.0. The number of anilines is 2. The number of nitrogens with zero attached hydrogens (tertiary/aromatic N) is 2. The molecule has 0 radical (unpaired) electrons. The van der Waals surface area contributed by atoms with E-state index in [0.29, 0.717) is 28.0 Å². The van der Waals surface area contributed by atoms with Crippen LogP contribution in [-0.2, 0) is 6.18 Å². The number of hydrogen-bond acceptors (Lipinski definition) is 5. The van der Waals surface area contributed by atoms with Gasteiger partial charge in [0.15, 0.2) is 0 Å². The largest absolute Gasteiger partial charge is 0.416 e. The monoisotopic (exact) mass is 462 g/mol. The van der Waals surface area contributed by atoms with E-state index in [1.807, 2.05) is 19.1 Å². The Morgan fingerprint density at radius 2 is 1.78 bits per heavy atom. The van der Waals surface area contributed by atoms with Gasteiger partial charge in [-0.1, -0.05) is 17.3 Å². The molecule has 1 amide bonds. The summed E-state index contributed by atoms with van der Waals surface area (Å²) in [6.45, 7) is 3.64. The summed E-state index contributed by atoms with van der Waals surface area (Å²) in [6.07, 6.45) is -3.09. The minimum absolute atomic E-state index is 0. The summed E-state index contributed by atoms with van der Waals surface area (Å²) in [5.41, 5.74) is 8.57. The molecule has 2 heterocycles. The van der Waals surface area contributed by atoms with Crippen LogP contribution in [0.4, 0.5) is 24.5 Å². The van der Waals surface area contributed by atoms with E-state index < -0.39 is 17.6 Å². The van der Waals surface area contributed by atoms with E-state index in [0.717, 1.165) is 29.0 Å². The zero-order valence-corrected chi connectivity index (χ0v) is 17.8. The minimum Gasteiger partial charge on any atom is -0.365 e. The smallest absolute Gasteiger partial charge is 0.365 e. The summed E-state index contributed by atoms with van der Waals surface area (Å²) >= 11 is 0. The molecule has 4 aromatic rings. The Morgan fingerprint density at radius 3 is 2.34 bits per heavy atom. The van der Waals surface area contributed by atoms with E-state index in [-0.39, 0.29) is 18.0 Å². The average molecular weight is 463 g/mol. The van der Waals surface area contributed by atoms with Gasteiger partial charge in [0.25, 0.3) is 5.91 Å². The van der Waals surface area contributed by atoms with E-state index in [4.69, 9.17) is 10.3 Å². The molecule has 10 heteroatoms. The number of carbonyl (C=O) groups is 1. The standard InChI is InChI=1S/C22H17F3N4O2.ClH/c1-11-19(12(2)31-29-11)13-3-8-16-18(9-13)27-10-17(21(26)30)20(16)28-15-6-4-14(5-7-15)22(23,24)25;/h3-10H,1-2H3,(H2,26,30)(H,27,28);1H. The molecule has 0 atom stereocenters. The van der Waals surface area contributed by atoms with Gasteiger partial charge in [-0.15, -0.1) is 12.4 Å². The van der Waals surface area contributed by atoms with Crippen LogP contribution < -0.4 is 11.1 Å². The van der Waals surface area contributed by atoms with Gasteiger partial charge < -0.3 is 15.6 Å². The van der Waals surface area contributed by atoms with E-state index in [1.165, 1.54) is 18.3 Å². The predicted octanol–water partition coefficient (Wildman–Crippen LogP) is 5.79. The molecule has 0 unspecified atom stereocenters. The molecule has 0 saturated carbocycles. The van der Waals surface area contributed by atoms with Crippen molar-refractivity contribution in [2.75, 3.05) is 5.32 Å². The number of alkyl halides is 3. The van der Waals surface area contributed by atoms with Gasteiger partial charge in [0.2, 0.25) is 0 Å². The summed E-state index contributed by atoms with van der Waals surface area (Å²) in [4.78, 5) is 16.3. The van der Waals surface area contributed by atoms with Crippen LogP contribution in [-0.4, -0.2) is 16.0 Å². The topological polar surface area (TPSA) is 94.0 Å². The molecule has 0 aliphatic heterocycles. The van der Waals surface area contributed by atoms with E-state index >= 15 is 0 Å². The van der Waals surface area contributed by atoms with Crippen molar-refractivity contribution in [1.82, 2.24) is 10.1 Å². The summed E-state index contributed by atoms with van der Waals surface area (Å²) < 4.78 is 43.7. The number of aryl methyl sites for hydroxylation is 2. The Labute approximate surface area is 187 Å². The van der Waals surface area contributed by atoms with Gasteiger partial charge in [0.1, 0.15) is 5.76 Å². The normalized spacial score (nSPS) is 11.3. The molecule has 0 aliphatic rings. The number of primary amides is 1. The summed E-state index contributed by atoms with van der Waals surface area (Å²) in [5, 5.41) is 7.56.